The summed E-state index contributed by atoms with van der Waals surface area (Å²) >= 11 is 0. The number of aromatic nitrogens is 4. The molecule has 26 heavy (non-hydrogen) atoms. The van der Waals surface area contributed by atoms with Crippen LogP contribution in [0.4, 0.5) is 10.6 Å². The molecule has 0 radical (unpaired) electrons. The van der Waals surface area contributed by atoms with E-state index in [1.807, 2.05) is 45.0 Å². The van der Waals surface area contributed by atoms with Crippen molar-refractivity contribution in [3.63, 3.8) is 0 Å². The number of hydrogen-bond acceptors (Lipinski definition) is 4. The maximum atomic E-state index is 12.6. The molecule has 142 valence electrons. The molecule has 2 aromatic rings. The predicted molar refractivity (Wildman–Crippen MR) is 101 cm³/mol. The van der Waals surface area contributed by atoms with Crippen molar-refractivity contribution in [3.8, 4) is 0 Å². The Morgan fingerprint density at radius 3 is 2.77 bits per heavy atom. The van der Waals surface area contributed by atoms with Gasteiger partial charge in [-0.1, -0.05) is 0 Å². The first-order chi connectivity index (χ1) is 12.3. The molecule has 2 aromatic heterocycles. The van der Waals surface area contributed by atoms with Gasteiger partial charge in [-0.05, 0) is 39.3 Å². The number of piperidine rings is 1. The van der Waals surface area contributed by atoms with Gasteiger partial charge in [-0.25, -0.2) is 4.79 Å². The van der Waals surface area contributed by atoms with E-state index in [2.05, 4.69) is 33.7 Å². The topological polar surface area (TPSA) is 71.2 Å². The minimum Gasteiger partial charge on any atom is -0.327 e. The van der Waals surface area contributed by atoms with Gasteiger partial charge in [0.15, 0.2) is 5.82 Å². The van der Waals surface area contributed by atoms with Gasteiger partial charge in [0.2, 0.25) is 0 Å². The van der Waals surface area contributed by atoms with E-state index in [-0.39, 0.29) is 12.1 Å². The fourth-order valence-electron chi connectivity index (χ4n) is 3.83. The number of anilines is 1. The minimum absolute atomic E-state index is 0.124. The summed E-state index contributed by atoms with van der Waals surface area (Å²) in [6.45, 7) is 3.73. The highest BCUT2D eigenvalue weighted by molar-refractivity contribution is 5.88. The van der Waals surface area contributed by atoms with E-state index in [1.165, 1.54) is 5.56 Å². The monoisotopic (exact) mass is 359 g/mol. The molecule has 1 N–H and O–H groups in total. The fourth-order valence-corrected chi connectivity index (χ4v) is 3.83. The SMILES string of the molecule is Cc1cc(NC(=O)N(C)C[C@@H]2CCCN(C)[C@H]2c2cnn(C)c2)nn1C. The lowest BCUT2D eigenvalue weighted by molar-refractivity contribution is 0.101. The van der Waals surface area contributed by atoms with E-state index in [9.17, 15) is 4.79 Å². The third kappa shape index (κ3) is 3.90. The minimum atomic E-state index is -0.124. The number of likely N-dealkylation sites (tertiary alicyclic amines) is 1. The summed E-state index contributed by atoms with van der Waals surface area (Å²) in [7, 11) is 7.81. The van der Waals surface area contributed by atoms with Crippen LogP contribution in [0.15, 0.2) is 18.5 Å². The maximum absolute atomic E-state index is 12.6. The Kier molecular flexibility index (Phi) is 5.31. The number of nitrogens with one attached hydrogen (secondary N) is 1. The average molecular weight is 359 g/mol. The van der Waals surface area contributed by atoms with Crippen molar-refractivity contribution in [2.75, 3.05) is 32.5 Å². The van der Waals surface area contributed by atoms with Gasteiger partial charge < -0.3 is 4.90 Å². The lowest BCUT2D eigenvalue weighted by Crippen LogP contribution is -2.43. The molecule has 3 heterocycles. The number of nitrogens with zero attached hydrogens (tertiary/aromatic N) is 6. The van der Waals surface area contributed by atoms with Crippen molar-refractivity contribution in [1.82, 2.24) is 29.4 Å². The van der Waals surface area contributed by atoms with Crippen LogP contribution in [0.25, 0.3) is 0 Å². The van der Waals surface area contributed by atoms with Gasteiger partial charge in [0, 0.05) is 57.3 Å². The summed E-state index contributed by atoms with van der Waals surface area (Å²) in [6.07, 6.45) is 6.27. The van der Waals surface area contributed by atoms with Gasteiger partial charge in [0.05, 0.1) is 6.20 Å². The van der Waals surface area contributed by atoms with Gasteiger partial charge in [-0.3, -0.25) is 19.6 Å². The summed E-state index contributed by atoms with van der Waals surface area (Å²) in [5.41, 5.74) is 2.22. The molecule has 2 atom stereocenters. The van der Waals surface area contributed by atoms with E-state index in [0.29, 0.717) is 18.3 Å². The van der Waals surface area contributed by atoms with Gasteiger partial charge in [-0.2, -0.15) is 10.2 Å². The van der Waals surface area contributed by atoms with Crippen molar-refractivity contribution in [2.45, 2.75) is 25.8 Å². The molecule has 1 aliphatic heterocycles. The average Bonchev–Trinajstić information content (AvgIpc) is 3.13. The van der Waals surface area contributed by atoms with Crippen molar-refractivity contribution < 1.29 is 4.79 Å². The van der Waals surface area contributed by atoms with Crippen LogP contribution in [0.5, 0.6) is 0 Å². The van der Waals surface area contributed by atoms with Crippen LogP contribution in [0.1, 0.15) is 30.1 Å². The van der Waals surface area contributed by atoms with E-state index in [1.54, 1.807) is 9.58 Å². The standard InChI is InChI=1S/C18H29N7O/c1-13-9-16(21-25(13)5)20-18(26)23(3)11-14-7-6-8-22(2)17(14)15-10-19-24(4)12-15/h9-10,12,14,17H,6-8,11H2,1-5H3,(H,20,21,26)/t14-,17+/m0/s1. The van der Waals surface area contributed by atoms with Gasteiger partial charge in [0.1, 0.15) is 0 Å². The Balaban J connectivity index is 1.67. The lowest BCUT2D eigenvalue weighted by atomic mass is 9.86. The molecule has 1 aliphatic rings. The van der Waals surface area contributed by atoms with E-state index in [0.717, 1.165) is 25.1 Å². The summed E-state index contributed by atoms with van der Waals surface area (Å²) in [4.78, 5) is 16.7. The Morgan fingerprint density at radius 1 is 1.38 bits per heavy atom. The van der Waals surface area contributed by atoms with Crippen LogP contribution >= 0.6 is 0 Å². The first-order valence-corrected chi connectivity index (χ1v) is 9.06. The maximum Gasteiger partial charge on any atom is 0.322 e. The van der Waals surface area contributed by atoms with Crippen molar-refractivity contribution in [1.29, 1.82) is 0 Å². The number of aryl methyl sites for hydroxylation is 3. The first kappa shape index (κ1) is 18.4. The number of hydrogen-bond donors (Lipinski definition) is 1. The molecule has 0 aromatic carbocycles. The predicted octanol–water partition coefficient (Wildman–Crippen LogP) is 2.01. The van der Waals surface area contributed by atoms with E-state index in [4.69, 9.17) is 0 Å². The molecule has 0 unspecified atom stereocenters. The molecular weight excluding hydrogens is 330 g/mol. The van der Waals surface area contributed by atoms with E-state index >= 15 is 0 Å². The second-order valence-electron chi connectivity index (χ2n) is 7.38. The van der Waals surface area contributed by atoms with E-state index < -0.39 is 0 Å². The molecule has 1 fully saturated rings. The second-order valence-corrected chi connectivity index (χ2v) is 7.38. The number of urea groups is 1. The number of carbonyl (C=O) groups excluding carboxylic acids is 1. The first-order valence-electron chi connectivity index (χ1n) is 9.06. The van der Waals surface area contributed by atoms with Gasteiger partial charge >= 0.3 is 6.03 Å². The molecule has 0 spiro atoms. The Morgan fingerprint density at radius 2 is 2.15 bits per heavy atom. The second kappa shape index (κ2) is 7.49. The molecule has 8 heteroatoms. The van der Waals surface area contributed by atoms with Crippen LogP contribution in [0.2, 0.25) is 0 Å². The normalized spacial score (nSPS) is 21.0. The molecule has 1 saturated heterocycles. The Hall–Kier alpha value is -2.35. The van der Waals surface area contributed by atoms with Gasteiger partial charge in [0.25, 0.3) is 0 Å². The summed E-state index contributed by atoms with van der Waals surface area (Å²) in [5.74, 6) is 0.964. The zero-order valence-corrected chi connectivity index (χ0v) is 16.3. The highest BCUT2D eigenvalue weighted by Gasteiger charge is 2.32. The lowest BCUT2D eigenvalue weighted by Gasteiger charge is -2.40. The van der Waals surface area contributed by atoms with Crippen LogP contribution in [-0.2, 0) is 14.1 Å². The summed E-state index contributed by atoms with van der Waals surface area (Å²) < 4.78 is 3.60. The van der Waals surface area contributed by atoms with Crippen molar-refractivity contribution in [3.05, 3.63) is 29.7 Å². The van der Waals surface area contributed by atoms with Crippen molar-refractivity contribution in [2.24, 2.45) is 20.0 Å². The number of rotatable bonds is 4. The number of carbonyl (C=O) groups is 1. The smallest absolute Gasteiger partial charge is 0.322 e. The molecule has 0 saturated carbocycles. The quantitative estimate of drug-likeness (QED) is 0.906. The fraction of sp³-hybridized carbons (Fsp3) is 0.611. The largest absolute Gasteiger partial charge is 0.327 e. The molecule has 0 bridgehead atoms. The van der Waals surface area contributed by atoms with Crippen LogP contribution in [0.3, 0.4) is 0 Å². The molecule has 3 rings (SSSR count). The van der Waals surface area contributed by atoms with Crippen LogP contribution in [0, 0.1) is 12.8 Å². The zero-order valence-electron chi connectivity index (χ0n) is 16.3. The summed E-state index contributed by atoms with van der Waals surface area (Å²) in [5, 5.41) is 11.5. The van der Waals surface area contributed by atoms with Crippen molar-refractivity contribution >= 4 is 11.8 Å². The molecule has 8 nitrogen and oxygen atoms in total. The Bertz CT molecular complexity index is 746. The molecular formula is C18H29N7O. The third-order valence-corrected chi connectivity index (χ3v) is 5.28. The Labute approximate surface area is 154 Å². The summed E-state index contributed by atoms with van der Waals surface area (Å²) in [6, 6.07) is 2.03. The number of amides is 2. The van der Waals surface area contributed by atoms with Crippen LogP contribution < -0.4 is 5.32 Å². The molecule has 2 amide bonds. The highest BCUT2D eigenvalue weighted by Crippen LogP contribution is 2.35. The third-order valence-electron chi connectivity index (χ3n) is 5.28. The zero-order chi connectivity index (χ0) is 18.8. The highest BCUT2D eigenvalue weighted by atomic mass is 16.2. The molecule has 0 aliphatic carbocycles. The van der Waals surface area contributed by atoms with Gasteiger partial charge in [-0.15, -0.1) is 0 Å². The van der Waals surface area contributed by atoms with Crippen LogP contribution in [-0.4, -0.2) is 62.6 Å².